The molecule has 2 N–H and O–H groups in total. The summed E-state index contributed by atoms with van der Waals surface area (Å²) in [4.78, 5) is 12.5. The van der Waals surface area contributed by atoms with Crippen molar-refractivity contribution in [3.05, 3.63) is 40.4 Å². The monoisotopic (exact) mass is 387 g/mol. The van der Waals surface area contributed by atoms with E-state index >= 15 is 0 Å². The highest BCUT2D eigenvalue weighted by atomic mass is 35.5. The van der Waals surface area contributed by atoms with Gasteiger partial charge in [0, 0.05) is 6.04 Å². The third-order valence-electron chi connectivity index (χ3n) is 4.36. The van der Waals surface area contributed by atoms with Gasteiger partial charge in [-0.05, 0) is 50.6 Å². The lowest BCUT2D eigenvalue weighted by molar-refractivity contribution is 0.0908. The van der Waals surface area contributed by atoms with Gasteiger partial charge in [0.1, 0.15) is 5.82 Å². The second kappa shape index (κ2) is 8.12. The molecular weight excluding hydrogens is 368 g/mol. The topological polar surface area (TPSA) is 71.8 Å². The lowest BCUT2D eigenvalue weighted by Gasteiger charge is -2.29. The molecule has 0 saturated carbocycles. The Kier molecular flexibility index (Phi) is 6.37. The standard InChI is InChI=1S/C16H19ClFN5O.ClH/c1-9-8-19-6-5-14(9)20-16(24)15-10(2)23(22-21-15)11-3-4-13(18)12(17)7-11;/h3-4,7,9,14,19H,5-6,8H2,1-2H3,(H,20,24);1H. The molecule has 136 valence electrons. The van der Waals surface area contributed by atoms with E-state index in [0.29, 0.717) is 17.3 Å². The van der Waals surface area contributed by atoms with Crippen molar-refractivity contribution in [1.29, 1.82) is 0 Å². The number of amides is 1. The van der Waals surface area contributed by atoms with Crippen molar-refractivity contribution in [2.24, 2.45) is 5.92 Å². The number of rotatable bonds is 3. The average molecular weight is 388 g/mol. The van der Waals surface area contributed by atoms with Crippen LogP contribution < -0.4 is 10.6 Å². The maximum atomic E-state index is 13.3. The molecule has 0 spiro atoms. The van der Waals surface area contributed by atoms with Crippen LogP contribution in [-0.2, 0) is 0 Å². The van der Waals surface area contributed by atoms with E-state index in [1.54, 1.807) is 13.0 Å². The van der Waals surface area contributed by atoms with Crippen molar-refractivity contribution >= 4 is 29.9 Å². The van der Waals surface area contributed by atoms with Gasteiger partial charge in [-0.15, -0.1) is 17.5 Å². The largest absolute Gasteiger partial charge is 0.347 e. The Balaban J connectivity index is 0.00000225. The third kappa shape index (κ3) is 4.11. The van der Waals surface area contributed by atoms with Gasteiger partial charge in [0.25, 0.3) is 5.91 Å². The summed E-state index contributed by atoms with van der Waals surface area (Å²) in [5.74, 6) is -0.393. The second-order valence-corrected chi connectivity index (χ2v) is 6.49. The van der Waals surface area contributed by atoms with Crippen LogP contribution in [-0.4, -0.2) is 40.0 Å². The van der Waals surface area contributed by atoms with E-state index in [4.69, 9.17) is 11.6 Å². The molecule has 0 aliphatic carbocycles. The number of nitrogens with one attached hydrogen (secondary N) is 2. The van der Waals surface area contributed by atoms with Gasteiger partial charge in [-0.25, -0.2) is 9.07 Å². The average Bonchev–Trinajstić information content (AvgIpc) is 2.94. The van der Waals surface area contributed by atoms with Crippen LogP contribution in [0.3, 0.4) is 0 Å². The number of hydrogen-bond acceptors (Lipinski definition) is 4. The second-order valence-electron chi connectivity index (χ2n) is 6.08. The van der Waals surface area contributed by atoms with Gasteiger partial charge in [0.05, 0.1) is 16.4 Å². The van der Waals surface area contributed by atoms with E-state index < -0.39 is 5.82 Å². The molecule has 2 unspecified atom stereocenters. The summed E-state index contributed by atoms with van der Waals surface area (Å²) >= 11 is 5.81. The summed E-state index contributed by atoms with van der Waals surface area (Å²) in [6.45, 7) is 5.61. The first-order valence-electron chi connectivity index (χ1n) is 7.86. The minimum absolute atomic E-state index is 0. The first-order chi connectivity index (χ1) is 11.5. The number of carbonyl (C=O) groups excluding carboxylic acids is 1. The molecule has 1 saturated heterocycles. The number of benzene rings is 1. The SMILES string of the molecule is Cc1c(C(=O)NC2CCNCC2C)nnn1-c1ccc(F)c(Cl)c1.Cl. The predicted molar refractivity (Wildman–Crippen MR) is 96.2 cm³/mol. The number of piperidine rings is 1. The summed E-state index contributed by atoms with van der Waals surface area (Å²) in [5.41, 5.74) is 1.40. The lowest BCUT2D eigenvalue weighted by Crippen LogP contribution is -2.48. The summed E-state index contributed by atoms with van der Waals surface area (Å²) < 4.78 is 14.8. The van der Waals surface area contributed by atoms with E-state index in [1.165, 1.54) is 16.8 Å². The predicted octanol–water partition coefficient (Wildman–Crippen LogP) is 2.52. The Morgan fingerprint density at radius 1 is 1.48 bits per heavy atom. The zero-order chi connectivity index (χ0) is 17.3. The Bertz CT molecular complexity index is 767. The maximum absolute atomic E-state index is 13.3. The molecule has 6 nitrogen and oxygen atoms in total. The van der Waals surface area contributed by atoms with E-state index in [2.05, 4.69) is 27.9 Å². The molecule has 1 aromatic carbocycles. The zero-order valence-corrected chi connectivity index (χ0v) is 15.5. The molecular formula is C16H20Cl2FN5O. The molecule has 0 radical (unpaired) electrons. The van der Waals surface area contributed by atoms with Crippen molar-refractivity contribution in [3.63, 3.8) is 0 Å². The molecule has 9 heteroatoms. The van der Waals surface area contributed by atoms with Crippen LogP contribution >= 0.6 is 24.0 Å². The molecule has 25 heavy (non-hydrogen) atoms. The summed E-state index contributed by atoms with van der Waals surface area (Å²) in [6.07, 6.45) is 0.883. The number of aromatic nitrogens is 3. The molecule has 2 atom stereocenters. The highest BCUT2D eigenvalue weighted by molar-refractivity contribution is 6.30. The van der Waals surface area contributed by atoms with Crippen LogP contribution in [0, 0.1) is 18.7 Å². The molecule has 1 fully saturated rings. The van der Waals surface area contributed by atoms with Gasteiger partial charge in [-0.2, -0.15) is 0 Å². The van der Waals surface area contributed by atoms with E-state index in [-0.39, 0.29) is 35.1 Å². The van der Waals surface area contributed by atoms with Gasteiger partial charge in [0.2, 0.25) is 0 Å². The Morgan fingerprint density at radius 3 is 2.92 bits per heavy atom. The van der Waals surface area contributed by atoms with Gasteiger partial charge >= 0.3 is 0 Å². The lowest BCUT2D eigenvalue weighted by atomic mass is 9.95. The van der Waals surface area contributed by atoms with E-state index in [0.717, 1.165) is 19.5 Å². The number of nitrogens with zero attached hydrogens (tertiary/aromatic N) is 3. The normalized spacial score (nSPS) is 20.0. The van der Waals surface area contributed by atoms with Gasteiger partial charge in [-0.3, -0.25) is 4.79 Å². The van der Waals surface area contributed by atoms with Crippen molar-refractivity contribution in [3.8, 4) is 5.69 Å². The Morgan fingerprint density at radius 2 is 2.24 bits per heavy atom. The molecule has 1 amide bonds. The summed E-state index contributed by atoms with van der Waals surface area (Å²) in [5, 5.41) is 14.3. The van der Waals surface area contributed by atoms with Crippen LogP contribution in [0.5, 0.6) is 0 Å². The minimum Gasteiger partial charge on any atom is -0.347 e. The molecule has 2 heterocycles. The van der Waals surface area contributed by atoms with E-state index in [1.807, 2.05) is 0 Å². The maximum Gasteiger partial charge on any atom is 0.273 e. The molecule has 1 aliphatic heterocycles. The van der Waals surface area contributed by atoms with Crippen LogP contribution in [0.25, 0.3) is 5.69 Å². The fraction of sp³-hybridized carbons (Fsp3) is 0.438. The number of carbonyl (C=O) groups is 1. The first kappa shape index (κ1) is 19.6. The number of halogens is 3. The van der Waals surface area contributed by atoms with Gasteiger partial charge in [0.15, 0.2) is 5.69 Å². The summed E-state index contributed by atoms with van der Waals surface area (Å²) in [6, 6.07) is 4.37. The fourth-order valence-corrected chi connectivity index (χ4v) is 3.04. The van der Waals surface area contributed by atoms with Crippen LogP contribution in [0.15, 0.2) is 18.2 Å². The van der Waals surface area contributed by atoms with Crippen LogP contribution in [0.1, 0.15) is 29.5 Å². The van der Waals surface area contributed by atoms with Gasteiger partial charge < -0.3 is 10.6 Å². The zero-order valence-electron chi connectivity index (χ0n) is 13.9. The minimum atomic E-state index is -0.504. The van der Waals surface area contributed by atoms with Crippen molar-refractivity contribution in [1.82, 2.24) is 25.6 Å². The highest BCUT2D eigenvalue weighted by Gasteiger charge is 2.25. The Hall–Kier alpha value is -1.70. The molecule has 0 bridgehead atoms. The first-order valence-corrected chi connectivity index (χ1v) is 8.24. The van der Waals surface area contributed by atoms with Crippen molar-refractivity contribution in [2.75, 3.05) is 13.1 Å². The van der Waals surface area contributed by atoms with Crippen molar-refractivity contribution < 1.29 is 9.18 Å². The quantitative estimate of drug-likeness (QED) is 0.848. The number of hydrogen-bond donors (Lipinski definition) is 2. The van der Waals surface area contributed by atoms with Crippen molar-refractivity contribution in [2.45, 2.75) is 26.3 Å². The smallest absolute Gasteiger partial charge is 0.273 e. The highest BCUT2D eigenvalue weighted by Crippen LogP contribution is 2.20. The molecule has 1 aliphatic rings. The molecule has 1 aromatic heterocycles. The van der Waals surface area contributed by atoms with Crippen LogP contribution in [0.4, 0.5) is 4.39 Å². The van der Waals surface area contributed by atoms with Gasteiger partial charge in [-0.1, -0.05) is 23.7 Å². The van der Waals surface area contributed by atoms with E-state index in [9.17, 15) is 9.18 Å². The fourth-order valence-electron chi connectivity index (χ4n) is 2.87. The van der Waals surface area contributed by atoms with Crippen LogP contribution in [0.2, 0.25) is 5.02 Å². The molecule has 3 rings (SSSR count). The molecule has 2 aromatic rings. The summed E-state index contributed by atoms with van der Waals surface area (Å²) in [7, 11) is 0. The Labute approximate surface area is 156 Å². The third-order valence-corrected chi connectivity index (χ3v) is 4.65.